The molecule has 3 unspecified atom stereocenters. The average molecular weight is 477 g/mol. The topological polar surface area (TPSA) is 102 Å². The zero-order chi connectivity index (χ0) is 24.5. The fourth-order valence-corrected chi connectivity index (χ4v) is 7.03. The normalized spacial score (nSPS) is 32.5. The predicted octanol–water partition coefficient (Wildman–Crippen LogP) is 3.86. The summed E-state index contributed by atoms with van der Waals surface area (Å²) >= 11 is 0. The van der Waals surface area contributed by atoms with Gasteiger partial charge < -0.3 is 24.4 Å². The smallest absolute Gasteiger partial charge is 0.357 e. The monoisotopic (exact) mass is 476 g/mol. The third-order valence-corrected chi connectivity index (χ3v) is 8.55. The van der Waals surface area contributed by atoms with Gasteiger partial charge >= 0.3 is 11.9 Å². The molecule has 4 aliphatic rings. The van der Waals surface area contributed by atoms with E-state index < -0.39 is 35.2 Å². The summed E-state index contributed by atoms with van der Waals surface area (Å²) in [4.78, 5) is 25.1. The fourth-order valence-electron chi connectivity index (χ4n) is 7.03. The number of rotatable bonds is 4. The van der Waals surface area contributed by atoms with Gasteiger partial charge in [0, 0.05) is 18.1 Å². The van der Waals surface area contributed by atoms with Crippen molar-refractivity contribution in [2.45, 2.75) is 62.8 Å². The average Bonchev–Trinajstić information content (AvgIpc) is 3.20. The molecular weight excluding hydrogens is 448 g/mol. The summed E-state index contributed by atoms with van der Waals surface area (Å²) in [5.74, 6) is -0.332. The van der Waals surface area contributed by atoms with Gasteiger partial charge in [-0.25, -0.2) is 4.79 Å². The largest absolute Gasteiger partial charge is 0.504 e. The van der Waals surface area contributed by atoms with Crippen molar-refractivity contribution >= 4 is 11.9 Å². The zero-order valence-electron chi connectivity index (χ0n) is 19.7. The number of phenolic OH excluding ortho intramolecular Hbond substituents is 1. The number of benzene rings is 2. The van der Waals surface area contributed by atoms with Gasteiger partial charge in [-0.2, -0.15) is 0 Å². The highest BCUT2D eigenvalue weighted by Gasteiger charge is 2.72. The van der Waals surface area contributed by atoms with Gasteiger partial charge in [0.25, 0.3) is 0 Å². The lowest BCUT2D eigenvalue weighted by molar-refractivity contribution is -0.177. The molecule has 2 aromatic carbocycles. The number of carbonyl (C=O) groups excluding carboxylic acids is 2. The van der Waals surface area contributed by atoms with E-state index in [1.165, 1.54) is 6.92 Å². The molecule has 0 aromatic heterocycles. The highest BCUT2D eigenvalue weighted by Crippen LogP contribution is 2.68. The standard InChI is InChI=1S/C28H28O7/c1-15-10-12-27-22-18-8-9-20(30)24(22)35-25(27)21(11-13-28(27,32)19(15)14-18)34-26(31)23(33-16(2)29)17-6-4-3-5-7-17/h3-9,11,15,19,23,25,30,32H,10,12-14H2,1-2H3/t15?,19-,23-,25?,27?,28+/m0/s1. The van der Waals surface area contributed by atoms with Crippen LogP contribution in [-0.4, -0.2) is 33.9 Å². The number of hydrogen-bond acceptors (Lipinski definition) is 7. The van der Waals surface area contributed by atoms with Crippen LogP contribution in [0.4, 0.5) is 0 Å². The van der Waals surface area contributed by atoms with Crippen LogP contribution in [0.25, 0.3) is 0 Å². The van der Waals surface area contributed by atoms with Gasteiger partial charge in [-0.15, -0.1) is 0 Å². The molecule has 35 heavy (non-hydrogen) atoms. The first-order valence-electron chi connectivity index (χ1n) is 12.1. The maximum Gasteiger partial charge on any atom is 0.357 e. The van der Waals surface area contributed by atoms with Gasteiger partial charge in [-0.1, -0.05) is 43.3 Å². The van der Waals surface area contributed by atoms with E-state index in [4.69, 9.17) is 14.2 Å². The first-order valence-corrected chi connectivity index (χ1v) is 12.1. The van der Waals surface area contributed by atoms with Crippen molar-refractivity contribution in [3.8, 4) is 11.5 Å². The van der Waals surface area contributed by atoms with E-state index in [-0.39, 0.29) is 17.4 Å². The molecule has 1 heterocycles. The molecule has 3 aliphatic carbocycles. The highest BCUT2D eigenvalue weighted by atomic mass is 16.6. The fraction of sp³-hybridized carbons (Fsp3) is 0.429. The Bertz CT molecular complexity index is 1250. The molecule has 2 bridgehead atoms. The molecule has 6 rings (SSSR count). The van der Waals surface area contributed by atoms with E-state index in [0.717, 1.165) is 17.5 Å². The second-order valence-electron chi connectivity index (χ2n) is 10.3. The van der Waals surface area contributed by atoms with Crippen LogP contribution in [0.1, 0.15) is 55.9 Å². The Hall–Kier alpha value is -3.32. The van der Waals surface area contributed by atoms with E-state index in [0.29, 0.717) is 36.5 Å². The van der Waals surface area contributed by atoms with Crippen LogP contribution in [0.5, 0.6) is 11.5 Å². The summed E-state index contributed by atoms with van der Waals surface area (Å²) in [6.07, 6.45) is 2.29. The van der Waals surface area contributed by atoms with E-state index in [2.05, 4.69) is 6.92 Å². The number of esters is 2. The Kier molecular flexibility index (Phi) is 4.81. The number of aromatic hydroxyl groups is 1. The molecule has 7 heteroatoms. The van der Waals surface area contributed by atoms with Gasteiger partial charge in [0.15, 0.2) is 17.6 Å². The zero-order valence-corrected chi connectivity index (χ0v) is 19.7. The minimum Gasteiger partial charge on any atom is -0.504 e. The molecule has 1 spiro atoms. The van der Waals surface area contributed by atoms with Crippen LogP contribution >= 0.6 is 0 Å². The molecule has 1 aliphatic heterocycles. The second-order valence-corrected chi connectivity index (χ2v) is 10.3. The summed E-state index contributed by atoms with van der Waals surface area (Å²) in [6, 6.07) is 12.3. The molecule has 1 saturated carbocycles. The highest BCUT2D eigenvalue weighted by molar-refractivity contribution is 5.81. The van der Waals surface area contributed by atoms with Crippen LogP contribution in [0, 0.1) is 11.8 Å². The molecule has 1 fully saturated rings. The van der Waals surface area contributed by atoms with Crippen LogP contribution in [-0.2, 0) is 30.9 Å². The molecule has 182 valence electrons. The van der Waals surface area contributed by atoms with Crippen molar-refractivity contribution in [2.75, 3.05) is 0 Å². The van der Waals surface area contributed by atoms with Gasteiger partial charge in [0.1, 0.15) is 5.76 Å². The summed E-state index contributed by atoms with van der Waals surface area (Å²) < 4.78 is 17.5. The molecule has 7 nitrogen and oxygen atoms in total. The second kappa shape index (κ2) is 7.59. The number of aliphatic hydroxyl groups is 1. The molecule has 0 saturated heterocycles. The van der Waals surface area contributed by atoms with E-state index in [1.54, 1.807) is 42.5 Å². The summed E-state index contributed by atoms with van der Waals surface area (Å²) in [5.41, 5.74) is 0.510. The van der Waals surface area contributed by atoms with Gasteiger partial charge in [-0.05, 0) is 55.2 Å². The Morgan fingerprint density at radius 3 is 2.69 bits per heavy atom. The minimum absolute atomic E-state index is 0.0136. The Morgan fingerprint density at radius 1 is 1.17 bits per heavy atom. The van der Waals surface area contributed by atoms with Crippen LogP contribution < -0.4 is 4.74 Å². The molecule has 0 amide bonds. The lowest BCUT2D eigenvalue weighted by Gasteiger charge is -2.61. The molecule has 0 radical (unpaired) electrons. The quantitative estimate of drug-likeness (QED) is 0.646. The molecule has 6 atom stereocenters. The SMILES string of the molecule is CC(=O)O[C@H](C(=O)OC1=CC[C@@]2(O)[C@H]3Cc4ccc(O)c5c4C2(CCC3C)C1O5)c1ccccc1. The summed E-state index contributed by atoms with van der Waals surface area (Å²) in [5, 5.41) is 22.9. The van der Waals surface area contributed by atoms with Gasteiger partial charge in [0.05, 0.1) is 11.0 Å². The third-order valence-electron chi connectivity index (χ3n) is 8.55. The van der Waals surface area contributed by atoms with Crippen molar-refractivity contribution < 1.29 is 34.0 Å². The Labute approximate surface area is 203 Å². The van der Waals surface area contributed by atoms with Gasteiger partial charge in [0.2, 0.25) is 6.10 Å². The first-order chi connectivity index (χ1) is 16.8. The number of carbonyl (C=O) groups is 2. The Balaban J connectivity index is 1.41. The number of ether oxygens (including phenoxy) is 3. The van der Waals surface area contributed by atoms with Crippen molar-refractivity contribution in [1.29, 1.82) is 0 Å². The summed E-state index contributed by atoms with van der Waals surface area (Å²) in [7, 11) is 0. The lowest BCUT2D eigenvalue weighted by Crippen LogP contribution is -2.69. The van der Waals surface area contributed by atoms with Crippen molar-refractivity contribution in [2.24, 2.45) is 11.8 Å². The number of phenols is 1. The predicted molar refractivity (Wildman–Crippen MR) is 124 cm³/mol. The van der Waals surface area contributed by atoms with Crippen LogP contribution in [0.15, 0.2) is 54.3 Å². The van der Waals surface area contributed by atoms with E-state index >= 15 is 0 Å². The van der Waals surface area contributed by atoms with Crippen molar-refractivity contribution in [3.63, 3.8) is 0 Å². The van der Waals surface area contributed by atoms with Crippen molar-refractivity contribution in [3.05, 3.63) is 71.0 Å². The lowest BCUT2D eigenvalue weighted by atomic mass is 9.45. The summed E-state index contributed by atoms with van der Waals surface area (Å²) in [6.45, 7) is 3.42. The maximum atomic E-state index is 13.3. The van der Waals surface area contributed by atoms with Crippen LogP contribution in [0.2, 0.25) is 0 Å². The van der Waals surface area contributed by atoms with Gasteiger partial charge in [-0.3, -0.25) is 4.79 Å². The van der Waals surface area contributed by atoms with Crippen LogP contribution in [0.3, 0.4) is 0 Å². The van der Waals surface area contributed by atoms with E-state index in [1.807, 2.05) is 6.07 Å². The number of hydrogen-bond donors (Lipinski definition) is 2. The maximum absolute atomic E-state index is 13.3. The molecule has 2 N–H and O–H groups in total. The van der Waals surface area contributed by atoms with Crippen molar-refractivity contribution in [1.82, 2.24) is 0 Å². The third kappa shape index (κ3) is 2.94. The van der Waals surface area contributed by atoms with E-state index in [9.17, 15) is 19.8 Å². The molecule has 2 aromatic rings. The first kappa shape index (κ1) is 22.2. The Morgan fingerprint density at radius 2 is 1.94 bits per heavy atom. The minimum atomic E-state index is -1.23. The molecular formula is C28H28O7.